The zero-order chi connectivity index (χ0) is 69.5. The molecule has 0 atom stereocenters. The number of nitrogens with zero attached hydrogens (tertiary/aromatic N) is 5. The lowest BCUT2D eigenvalue weighted by Gasteiger charge is -2.46. The van der Waals surface area contributed by atoms with Crippen molar-refractivity contribution in [1.29, 1.82) is 0 Å². The molecule has 0 saturated carbocycles. The molecule has 494 valence electrons. The van der Waals surface area contributed by atoms with Crippen molar-refractivity contribution in [3.8, 4) is 33.8 Å². The summed E-state index contributed by atoms with van der Waals surface area (Å²) >= 11 is 3.70. The Morgan fingerprint density at radius 1 is 0.264 bits per heavy atom. The van der Waals surface area contributed by atoms with Gasteiger partial charge >= 0.3 is 0 Å². The topological polar surface area (TPSA) is 25.4 Å². The van der Waals surface area contributed by atoms with Crippen molar-refractivity contribution in [1.82, 2.24) is 0 Å². The lowest BCUT2D eigenvalue weighted by Crippen LogP contribution is -2.64. The summed E-state index contributed by atoms with van der Waals surface area (Å²) in [7, 11) is 0. The fourth-order valence-electron chi connectivity index (χ4n) is 17.7. The van der Waals surface area contributed by atoms with E-state index < -0.39 is 0 Å². The highest BCUT2D eigenvalue weighted by Crippen LogP contribution is 2.56. The predicted octanol–water partition coefficient (Wildman–Crippen LogP) is 23.2. The van der Waals surface area contributed by atoms with Crippen molar-refractivity contribution in [2.24, 2.45) is 0 Å². The SMILES string of the molecule is c1ccc(-c2cccc(-c3ccccc3)c2N2c3ccccc3B3c4cc5c(cc4Oc4cc(N(c6ccccc6)c6cccc7sc8ccccc8c67)cc2c43)N(c2cccc3sc4ccccc4c23)c2cc(N(c3ccccc3)c3ccccc3)cc3c2B5c2ccccc2N3c2ccccc2)cc1. The molecule has 0 bridgehead atoms. The van der Waals surface area contributed by atoms with Gasteiger partial charge in [-0.15, -0.1) is 22.7 Å². The van der Waals surface area contributed by atoms with E-state index in [0.717, 1.165) is 130 Å². The van der Waals surface area contributed by atoms with E-state index in [9.17, 15) is 0 Å². The van der Waals surface area contributed by atoms with Crippen LogP contribution in [0.15, 0.2) is 370 Å². The average Bonchev–Trinajstić information content (AvgIpc) is 0.799. The van der Waals surface area contributed by atoms with Crippen LogP contribution in [0.3, 0.4) is 0 Å². The zero-order valence-corrected chi connectivity index (χ0v) is 59.0. The summed E-state index contributed by atoms with van der Waals surface area (Å²) in [5.74, 6) is 1.61. The smallest absolute Gasteiger partial charge is 0.256 e. The van der Waals surface area contributed by atoms with Gasteiger partial charge in [0.15, 0.2) is 0 Å². The second-order valence-electron chi connectivity index (χ2n) is 27.8. The van der Waals surface area contributed by atoms with Crippen LogP contribution in [0.25, 0.3) is 62.6 Å². The van der Waals surface area contributed by atoms with Gasteiger partial charge in [0, 0.05) is 120 Å². The van der Waals surface area contributed by atoms with Gasteiger partial charge in [-0.3, -0.25) is 0 Å². The van der Waals surface area contributed by atoms with Crippen LogP contribution < -0.4 is 62.0 Å². The van der Waals surface area contributed by atoms with Crippen molar-refractivity contribution in [3.63, 3.8) is 0 Å². The van der Waals surface area contributed by atoms with Crippen molar-refractivity contribution in [2.45, 2.75) is 0 Å². The number of hydrogen-bond donors (Lipinski definition) is 0. The van der Waals surface area contributed by atoms with E-state index in [0.29, 0.717) is 0 Å². The molecule has 6 heterocycles. The molecule has 106 heavy (non-hydrogen) atoms. The summed E-state index contributed by atoms with van der Waals surface area (Å²) in [6, 6.07) is 137. The van der Waals surface area contributed by atoms with Crippen molar-refractivity contribution < 1.29 is 4.74 Å². The molecular weight excluding hydrogens is 1320 g/mol. The first-order chi connectivity index (χ1) is 52.6. The molecule has 0 fully saturated rings. The molecule has 0 radical (unpaired) electrons. The second kappa shape index (κ2) is 24.3. The Balaban J connectivity index is 0.858. The molecule has 0 unspecified atom stereocenters. The van der Waals surface area contributed by atoms with Crippen molar-refractivity contribution in [2.75, 3.05) is 24.5 Å². The van der Waals surface area contributed by atoms with E-state index in [2.05, 4.69) is 395 Å². The molecule has 10 heteroatoms. The van der Waals surface area contributed by atoms with E-state index in [4.69, 9.17) is 4.74 Å². The molecule has 0 amide bonds. The summed E-state index contributed by atoms with van der Waals surface area (Å²) in [5, 5.41) is 4.88. The molecule has 2 aromatic heterocycles. The quantitative estimate of drug-likeness (QED) is 0.120. The molecule has 4 aliphatic heterocycles. The summed E-state index contributed by atoms with van der Waals surface area (Å²) in [5.41, 5.74) is 27.7. The number of ether oxygens (including phenoxy) is 1. The van der Waals surface area contributed by atoms with E-state index in [-0.39, 0.29) is 13.4 Å². The fraction of sp³-hybridized carbons (Fsp3) is 0. The van der Waals surface area contributed by atoms with E-state index in [1.807, 2.05) is 22.7 Å². The Hall–Kier alpha value is -13.1. The molecule has 16 aromatic carbocycles. The van der Waals surface area contributed by atoms with Gasteiger partial charge in [-0.25, -0.2) is 0 Å². The van der Waals surface area contributed by atoms with Crippen LogP contribution in [0.4, 0.5) is 85.3 Å². The highest BCUT2D eigenvalue weighted by Gasteiger charge is 2.49. The maximum atomic E-state index is 8.18. The minimum absolute atomic E-state index is 0.229. The minimum atomic E-state index is -0.287. The Morgan fingerprint density at radius 3 is 1.32 bits per heavy atom. The summed E-state index contributed by atoms with van der Waals surface area (Å²) in [6.07, 6.45) is 0. The first-order valence-corrected chi connectivity index (χ1v) is 37.9. The molecule has 0 aliphatic carbocycles. The van der Waals surface area contributed by atoms with E-state index in [1.165, 1.54) is 62.2 Å². The molecule has 0 spiro atoms. The van der Waals surface area contributed by atoms with Crippen LogP contribution in [0, 0.1) is 0 Å². The maximum Gasteiger partial charge on any atom is 0.256 e. The third kappa shape index (κ3) is 9.31. The van der Waals surface area contributed by atoms with Gasteiger partial charge in [0.25, 0.3) is 13.4 Å². The van der Waals surface area contributed by atoms with E-state index >= 15 is 0 Å². The van der Waals surface area contributed by atoms with Gasteiger partial charge in [-0.1, -0.05) is 243 Å². The number of thiophene rings is 2. The van der Waals surface area contributed by atoms with Crippen molar-refractivity contribution in [3.05, 3.63) is 370 Å². The predicted molar refractivity (Wildman–Crippen MR) is 452 cm³/mol. The monoisotopic (exact) mass is 1390 g/mol. The average molecular weight is 1390 g/mol. The highest BCUT2D eigenvalue weighted by molar-refractivity contribution is 7.26. The van der Waals surface area contributed by atoms with Crippen LogP contribution in [-0.4, -0.2) is 13.4 Å². The minimum Gasteiger partial charge on any atom is -0.458 e. The Kier molecular flexibility index (Phi) is 13.8. The lowest BCUT2D eigenvalue weighted by atomic mass is 9.30. The third-order valence-electron chi connectivity index (χ3n) is 22.0. The van der Waals surface area contributed by atoms with Gasteiger partial charge in [-0.2, -0.15) is 0 Å². The van der Waals surface area contributed by atoms with Crippen LogP contribution in [-0.2, 0) is 0 Å². The first-order valence-electron chi connectivity index (χ1n) is 36.3. The first kappa shape index (κ1) is 60.5. The zero-order valence-electron chi connectivity index (χ0n) is 57.3. The van der Waals surface area contributed by atoms with Crippen LogP contribution in [0.5, 0.6) is 11.5 Å². The van der Waals surface area contributed by atoms with Crippen LogP contribution >= 0.6 is 22.7 Å². The Bertz CT molecular complexity index is 6460. The number of para-hydroxylation sites is 7. The molecule has 4 aliphatic rings. The maximum absolute atomic E-state index is 8.18. The standard InChI is InChI=1S/C96H61B2N5OS2/c1-7-30-62(31-8-1)70-44-27-45-71(63-32-9-2-10-33-63)96(70)103-79-49-24-22-47-75(79)98-77-60-76-82(61-86(77)104-87-59-69(58-85(103)95(87)98)100(66-38-15-5-16-39-66)80-50-28-54-90-92(80)72-42-19-25-52-88(72)105-90)102(81-51-29-55-91-93(81)73-43-20-26-53-89(73)106-91)84-57-68(99(64-34-11-3-12-35-64)65-36-13-4-14-37-65)56-83-94(84)97(76)74-46-21-23-48-78(74)101(83)67-40-17-6-18-41-67/h1-61H. The van der Waals surface area contributed by atoms with Gasteiger partial charge in [0.1, 0.15) is 11.5 Å². The Labute approximate surface area is 623 Å². The van der Waals surface area contributed by atoms with Gasteiger partial charge in [0.2, 0.25) is 0 Å². The van der Waals surface area contributed by atoms with E-state index in [1.54, 1.807) is 0 Å². The number of anilines is 15. The fourth-order valence-corrected chi connectivity index (χ4v) is 20.0. The number of rotatable bonds is 11. The summed E-state index contributed by atoms with van der Waals surface area (Å²) < 4.78 is 13.1. The molecule has 22 rings (SSSR count). The van der Waals surface area contributed by atoms with Crippen molar-refractivity contribution >= 4 is 195 Å². The van der Waals surface area contributed by atoms with Gasteiger partial charge in [0.05, 0.1) is 28.4 Å². The number of hydrogen-bond acceptors (Lipinski definition) is 8. The molecular formula is C96H61B2N5OS2. The molecule has 0 N–H and O–H groups in total. The third-order valence-corrected chi connectivity index (χ3v) is 24.3. The lowest BCUT2D eigenvalue weighted by molar-refractivity contribution is 0.488. The summed E-state index contributed by atoms with van der Waals surface area (Å²) in [4.78, 5) is 12.6. The number of benzene rings is 16. The summed E-state index contributed by atoms with van der Waals surface area (Å²) in [6.45, 7) is -0.517. The molecule has 18 aromatic rings. The molecule has 0 saturated heterocycles. The number of fused-ring (bicyclic) bond motifs is 14. The van der Waals surface area contributed by atoms with Gasteiger partial charge < -0.3 is 29.2 Å². The van der Waals surface area contributed by atoms with Gasteiger partial charge in [-0.05, 0) is 159 Å². The van der Waals surface area contributed by atoms with Crippen LogP contribution in [0.2, 0.25) is 0 Å². The highest BCUT2D eigenvalue weighted by atomic mass is 32.1. The second-order valence-corrected chi connectivity index (χ2v) is 29.9. The van der Waals surface area contributed by atoms with Crippen LogP contribution in [0.1, 0.15) is 0 Å². The largest absolute Gasteiger partial charge is 0.458 e. The normalized spacial score (nSPS) is 12.9. The Morgan fingerprint density at radius 2 is 0.708 bits per heavy atom. The molecule has 6 nitrogen and oxygen atoms in total.